The van der Waals surface area contributed by atoms with Crippen LogP contribution in [0.2, 0.25) is 0 Å². The van der Waals surface area contributed by atoms with Gasteiger partial charge in [-0.1, -0.05) is 12.1 Å². The van der Waals surface area contributed by atoms with Gasteiger partial charge in [-0.2, -0.15) is 9.61 Å². The molecule has 3 aromatic heterocycles. The lowest BCUT2D eigenvalue weighted by Crippen LogP contribution is -2.49. The van der Waals surface area contributed by atoms with E-state index < -0.39 is 0 Å². The van der Waals surface area contributed by atoms with Gasteiger partial charge < -0.3 is 14.3 Å². The van der Waals surface area contributed by atoms with E-state index in [1.165, 1.54) is 5.56 Å². The summed E-state index contributed by atoms with van der Waals surface area (Å²) in [5.74, 6) is 1.94. The molecule has 8 heteroatoms. The Balaban J connectivity index is 1.80. The standard InChI is InChI=1S/C19H24N6O2/c1-5-15-13(3)20-18-11-16(17-10-12(2)27-22-17)21-25(18)19(15)24-8-6-23(7-9-24)14(4)26/h10-11H,5-9H2,1-4H3. The molecule has 8 nitrogen and oxygen atoms in total. The molecule has 0 atom stereocenters. The molecule has 0 spiro atoms. The summed E-state index contributed by atoms with van der Waals surface area (Å²) < 4.78 is 7.11. The molecule has 0 saturated carbocycles. The molecular formula is C19H24N6O2. The van der Waals surface area contributed by atoms with Crippen molar-refractivity contribution in [3.8, 4) is 11.4 Å². The summed E-state index contributed by atoms with van der Waals surface area (Å²) in [6, 6.07) is 3.82. The van der Waals surface area contributed by atoms with E-state index in [2.05, 4.69) is 17.0 Å². The molecule has 27 heavy (non-hydrogen) atoms. The molecular weight excluding hydrogens is 344 g/mol. The normalized spacial score (nSPS) is 15.0. The molecule has 1 aliphatic heterocycles. The number of rotatable bonds is 3. The fourth-order valence-electron chi connectivity index (χ4n) is 3.72. The quantitative estimate of drug-likeness (QED) is 0.705. The Labute approximate surface area is 157 Å². The summed E-state index contributed by atoms with van der Waals surface area (Å²) in [5, 5.41) is 8.87. The number of nitrogens with zero attached hydrogens (tertiary/aromatic N) is 6. The van der Waals surface area contributed by atoms with E-state index in [1.807, 2.05) is 35.4 Å². The Morgan fingerprint density at radius 1 is 1.15 bits per heavy atom. The first-order valence-electron chi connectivity index (χ1n) is 9.31. The summed E-state index contributed by atoms with van der Waals surface area (Å²) >= 11 is 0. The SMILES string of the molecule is CCc1c(C)nc2cc(-c3cc(C)on3)nn2c1N1CCN(C(C)=O)CC1. The molecule has 0 unspecified atom stereocenters. The number of fused-ring (bicyclic) bond motifs is 1. The van der Waals surface area contributed by atoms with Crippen LogP contribution in [0.5, 0.6) is 0 Å². The van der Waals surface area contributed by atoms with Gasteiger partial charge in [-0.15, -0.1) is 0 Å². The number of hydrogen-bond acceptors (Lipinski definition) is 6. The maximum absolute atomic E-state index is 11.7. The van der Waals surface area contributed by atoms with Crippen LogP contribution in [0.3, 0.4) is 0 Å². The fourth-order valence-corrected chi connectivity index (χ4v) is 3.72. The number of carbonyl (C=O) groups is 1. The lowest BCUT2D eigenvalue weighted by molar-refractivity contribution is -0.129. The van der Waals surface area contributed by atoms with E-state index in [0.717, 1.165) is 61.2 Å². The second-order valence-corrected chi connectivity index (χ2v) is 6.97. The van der Waals surface area contributed by atoms with E-state index in [0.29, 0.717) is 5.69 Å². The van der Waals surface area contributed by atoms with Gasteiger partial charge in [0.2, 0.25) is 5.91 Å². The molecule has 0 radical (unpaired) electrons. The highest BCUT2D eigenvalue weighted by Crippen LogP contribution is 2.28. The largest absolute Gasteiger partial charge is 0.361 e. The van der Waals surface area contributed by atoms with Crippen LogP contribution in [-0.4, -0.2) is 56.7 Å². The highest BCUT2D eigenvalue weighted by atomic mass is 16.5. The number of anilines is 1. The average Bonchev–Trinajstić information content (AvgIpc) is 3.26. The summed E-state index contributed by atoms with van der Waals surface area (Å²) in [6.45, 7) is 10.7. The van der Waals surface area contributed by atoms with Crippen molar-refractivity contribution in [2.24, 2.45) is 0 Å². The summed E-state index contributed by atoms with van der Waals surface area (Å²) in [4.78, 5) is 20.6. The molecule has 1 fully saturated rings. The van der Waals surface area contributed by atoms with Crippen molar-refractivity contribution in [3.63, 3.8) is 0 Å². The van der Waals surface area contributed by atoms with Crippen LogP contribution >= 0.6 is 0 Å². The molecule has 0 aliphatic carbocycles. The zero-order valence-corrected chi connectivity index (χ0v) is 16.2. The summed E-state index contributed by atoms with van der Waals surface area (Å²) in [5.41, 5.74) is 4.45. The van der Waals surface area contributed by atoms with Crippen LogP contribution in [0.15, 0.2) is 16.7 Å². The van der Waals surface area contributed by atoms with E-state index in [1.54, 1.807) is 6.92 Å². The molecule has 1 aliphatic rings. The van der Waals surface area contributed by atoms with E-state index >= 15 is 0 Å². The van der Waals surface area contributed by atoms with E-state index in [9.17, 15) is 4.79 Å². The Hall–Kier alpha value is -2.90. The third kappa shape index (κ3) is 3.05. The molecule has 0 aromatic carbocycles. The van der Waals surface area contributed by atoms with Crippen LogP contribution in [0.4, 0.5) is 5.82 Å². The monoisotopic (exact) mass is 368 g/mol. The molecule has 4 heterocycles. The molecule has 142 valence electrons. The molecule has 4 rings (SSSR count). The molecule has 3 aromatic rings. The van der Waals surface area contributed by atoms with Gasteiger partial charge in [-0.05, 0) is 20.3 Å². The molecule has 0 bridgehead atoms. The highest BCUT2D eigenvalue weighted by Gasteiger charge is 2.25. The van der Waals surface area contributed by atoms with Gasteiger partial charge in [0.1, 0.15) is 23.0 Å². The van der Waals surface area contributed by atoms with Gasteiger partial charge in [-0.3, -0.25) is 4.79 Å². The number of amides is 1. The Morgan fingerprint density at radius 3 is 2.48 bits per heavy atom. The number of aromatic nitrogens is 4. The summed E-state index contributed by atoms with van der Waals surface area (Å²) in [6.07, 6.45) is 0.870. The first-order chi connectivity index (χ1) is 13.0. The smallest absolute Gasteiger partial charge is 0.219 e. The average molecular weight is 368 g/mol. The molecule has 0 N–H and O–H groups in total. The zero-order chi connectivity index (χ0) is 19.1. The number of carbonyl (C=O) groups excluding carboxylic acids is 1. The van der Waals surface area contributed by atoms with Crippen molar-refractivity contribution in [1.29, 1.82) is 0 Å². The minimum absolute atomic E-state index is 0.129. The predicted octanol–water partition coefficient (Wildman–Crippen LogP) is 2.23. The van der Waals surface area contributed by atoms with Gasteiger partial charge in [0.15, 0.2) is 5.65 Å². The van der Waals surface area contributed by atoms with Crippen LogP contribution in [0, 0.1) is 13.8 Å². The topological polar surface area (TPSA) is 79.8 Å². The number of piperazine rings is 1. The highest BCUT2D eigenvalue weighted by molar-refractivity contribution is 5.73. The lowest BCUT2D eigenvalue weighted by Gasteiger charge is -2.36. The van der Waals surface area contributed by atoms with Crippen LogP contribution < -0.4 is 4.90 Å². The molecule has 1 saturated heterocycles. The van der Waals surface area contributed by atoms with Crippen molar-refractivity contribution in [2.75, 3.05) is 31.1 Å². The van der Waals surface area contributed by atoms with Gasteiger partial charge >= 0.3 is 0 Å². The minimum Gasteiger partial charge on any atom is -0.361 e. The fraction of sp³-hybridized carbons (Fsp3) is 0.474. The third-order valence-corrected chi connectivity index (χ3v) is 5.15. The van der Waals surface area contributed by atoms with Crippen molar-refractivity contribution < 1.29 is 9.32 Å². The van der Waals surface area contributed by atoms with Gasteiger partial charge in [0.25, 0.3) is 0 Å². The Morgan fingerprint density at radius 2 is 1.89 bits per heavy atom. The number of aryl methyl sites for hydroxylation is 2. The van der Waals surface area contributed by atoms with Crippen molar-refractivity contribution in [3.05, 3.63) is 29.2 Å². The van der Waals surface area contributed by atoms with Crippen molar-refractivity contribution in [1.82, 2.24) is 24.7 Å². The van der Waals surface area contributed by atoms with Crippen LogP contribution in [0.1, 0.15) is 30.9 Å². The predicted molar refractivity (Wildman–Crippen MR) is 102 cm³/mol. The van der Waals surface area contributed by atoms with Gasteiger partial charge in [0, 0.05) is 56.5 Å². The van der Waals surface area contributed by atoms with Crippen LogP contribution in [-0.2, 0) is 11.2 Å². The molecule has 1 amide bonds. The zero-order valence-electron chi connectivity index (χ0n) is 16.2. The minimum atomic E-state index is 0.129. The second kappa shape index (κ2) is 6.68. The van der Waals surface area contributed by atoms with E-state index in [-0.39, 0.29) is 5.91 Å². The Kier molecular flexibility index (Phi) is 4.33. The van der Waals surface area contributed by atoms with Crippen LogP contribution in [0.25, 0.3) is 17.0 Å². The van der Waals surface area contributed by atoms with Crippen molar-refractivity contribution >= 4 is 17.4 Å². The summed E-state index contributed by atoms with van der Waals surface area (Å²) in [7, 11) is 0. The lowest BCUT2D eigenvalue weighted by atomic mass is 10.1. The van der Waals surface area contributed by atoms with Gasteiger partial charge in [-0.25, -0.2) is 4.98 Å². The van der Waals surface area contributed by atoms with E-state index in [4.69, 9.17) is 14.6 Å². The second-order valence-electron chi connectivity index (χ2n) is 6.97. The Bertz CT molecular complexity index is 997. The maximum Gasteiger partial charge on any atom is 0.219 e. The van der Waals surface area contributed by atoms with Gasteiger partial charge in [0.05, 0.1) is 0 Å². The number of hydrogen-bond donors (Lipinski definition) is 0. The van der Waals surface area contributed by atoms with Crippen molar-refractivity contribution in [2.45, 2.75) is 34.1 Å². The third-order valence-electron chi connectivity index (χ3n) is 5.15. The maximum atomic E-state index is 11.7. The first kappa shape index (κ1) is 17.5. The first-order valence-corrected chi connectivity index (χ1v) is 9.31.